The van der Waals surface area contributed by atoms with E-state index in [0.29, 0.717) is 23.1 Å². The number of rotatable bonds is 7. The van der Waals surface area contributed by atoms with Crippen molar-refractivity contribution >= 4 is 40.1 Å². The molecule has 1 fully saturated rings. The molecule has 3 rings (SSSR count). The molecule has 0 saturated carbocycles. The Kier molecular flexibility index (Phi) is 7.15. The summed E-state index contributed by atoms with van der Waals surface area (Å²) in [6.45, 7) is 6.70. The second-order valence-electron chi connectivity index (χ2n) is 7.21. The Bertz CT molecular complexity index is 974. The van der Waals surface area contributed by atoms with Gasteiger partial charge in [-0.15, -0.1) is 0 Å². The van der Waals surface area contributed by atoms with Crippen LogP contribution < -0.4 is 10.1 Å². The molecule has 1 saturated heterocycles. The number of nitrogens with one attached hydrogen (secondary N) is 1. The van der Waals surface area contributed by atoms with Crippen molar-refractivity contribution < 1.29 is 14.3 Å². The van der Waals surface area contributed by atoms with E-state index >= 15 is 0 Å². The van der Waals surface area contributed by atoms with Crippen molar-refractivity contribution in [1.82, 2.24) is 4.90 Å². The van der Waals surface area contributed by atoms with Crippen LogP contribution in [0.5, 0.6) is 5.75 Å². The van der Waals surface area contributed by atoms with Gasteiger partial charge in [0.05, 0.1) is 18.5 Å². The predicted octanol–water partition coefficient (Wildman–Crippen LogP) is 4.68. The van der Waals surface area contributed by atoms with E-state index in [2.05, 4.69) is 12.2 Å². The van der Waals surface area contributed by atoms with Crippen LogP contribution in [0.1, 0.15) is 30.9 Å². The van der Waals surface area contributed by atoms with Gasteiger partial charge in [0.2, 0.25) is 11.8 Å². The zero-order valence-corrected chi connectivity index (χ0v) is 18.6. The average Bonchev–Trinajstić information content (AvgIpc) is 3.00. The van der Waals surface area contributed by atoms with E-state index in [4.69, 9.17) is 9.73 Å². The van der Waals surface area contributed by atoms with Crippen LogP contribution in [0.25, 0.3) is 0 Å². The van der Waals surface area contributed by atoms with Gasteiger partial charge in [0.1, 0.15) is 11.0 Å². The summed E-state index contributed by atoms with van der Waals surface area (Å²) in [6.07, 6.45) is 0.895. The molecule has 2 aromatic rings. The SMILES string of the molecule is CCCN1C(=O)[C@@H](CC(=O)Nc2ccccc2OC)SC1=Nc1ccc(C)c(C)c1. The summed E-state index contributed by atoms with van der Waals surface area (Å²) in [7, 11) is 1.56. The molecule has 2 amide bonds. The Hall–Kier alpha value is -2.80. The van der Waals surface area contributed by atoms with Gasteiger partial charge in [-0.05, 0) is 55.7 Å². The highest BCUT2D eigenvalue weighted by Crippen LogP contribution is 2.33. The Morgan fingerprint density at radius 2 is 1.97 bits per heavy atom. The molecule has 1 aliphatic heterocycles. The first-order valence-corrected chi connectivity index (χ1v) is 10.9. The third-order valence-electron chi connectivity index (χ3n) is 4.93. The lowest BCUT2D eigenvalue weighted by molar-refractivity contribution is -0.128. The molecule has 6 nitrogen and oxygen atoms in total. The number of ether oxygens (including phenoxy) is 1. The maximum absolute atomic E-state index is 12.9. The van der Waals surface area contributed by atoms with Gasteiger partial charge in [-0.2, -0.15) is 0 Å². The van der Waals surface area contributed by atoms with Crippen molar-refractivity contribution in [3.8, 4) is 5.75 Å². The quantitative estimate of drug-likeness (QED) is 0.699. The van der Waals surface area contributed by atoms with E-state index in [0.717, 1.165) is 17.7 Å². The van der Waals surface area contributed by atoms with Crippen LogP contribution in [0.4, 0.5) is 11.4 Å². The Labute approximate surface area is 181 Å². The monoisotopic (exact) mass is 425 g/mol. The number of nitrogens with zero attached hydrogens (tertiary/aromatic N) is 2. The first kappa shape index (κ1) is 21.9. The highest BCUT2D eigenvalue weighted by Gasteiger charge is 2.38. The lowest BCUT2D eigenvalue weighted by Gasteiger charge is -2.15. The first-order chi connectivity index (χ1) is 14.4. The largest absolute Gasteiger partial charge is 0.495 e. The second-order valence-corrected chi connectivity index (χ2v) is 8.38. The van der Waals surface area contributed by atoms with Gasteiger partial charge < -0.3 is 10.1 Å². The lowest BCUT2D eigenvalue weighted by Crippen LogP contribution is -2.34. The maximum atomic E-state index is 12.9. The first-order valence-electron chi connectivity index (χ1n) is 9.99. The Balaban J connectivity index is 1.75. The standard InChI is InChI=1S/C23H27N3O3S/c1-5-12-26-22(28)20(14-21(27)25-18-8-6-7-9-19(18)29-4)30-23(26)24-17-11-10-15(2)16(3)13-17/h6-11,13,20H,5,12,14H2,1-4H3,(H,25,27)/t20-/m1/s1. The van der Waals surface area contributed by atoms with Crippen LogP contribution in [0.2, 0.25) is 0 Å². The van der Waals surface area contributed by atoms with Crippen molar-refractivity contribution in [3.05, 3.63) is 53.6 Å². The average molecular weight is 426 g/mol. The number of hydrogen-bond donors (Lipinski definition) is 1. The van der Waals surface area contributed by atoms with Crippen molar-refractivity contribution in [2.75, 3.05) is 19.0 Å². The number of benzene rings is 2. The van der Waals surface area contributed by atoms with Gasteiger partial charge in [-0.3, -0.25) is 14.5 Å². The van der Waals surface area contributed by atoms with Crippen LogP contribution in [-0.2, 0) is 9.59 Å². The number of methoxy groups -OCH3 is 1. The topological polar surface area (TPSA) is 71.0 Å². The number of para-hydroxylation sites is 2. The molecule has 0 radical (unpaired) electrons. The number of anilines is 1. The molecule has 158 valence electrons. The molecule has 1 atom stereocenters. The molecule has 1 N–H and O–H groups in total. The molecule has 0 aromatic heterocycles. The molecule has 0 bridgehead atoms. The van der Waals surface area contributed by atoms with Gasteiger partial charge in [-0.1, -0.05) is 36.9 Å². The summed E-state index contributed by atoms with van der Waals surface area (Å²) >= 11 is 1.35. The minimum absolute atomic E-state index is 0.0698. The minimum atomic E-state index is -0.489. The van der Waals surface area contributed by atoms with E-state index in [1.54, 1.807) is 24.1 Å². The molecule has 1 heterocycles. The molecule has 30 heavy (non-hydrogen) atoms. The smallest absolute Gasteiger partial charge is 0.242 e. The van der Waals surface area contributed by atoms with Gasteiger partial charge in [0.25, 0.3) is 0 Å². The van der Waals surface area contributed by atoms with Gasteiger partial charge in [0, 0.05) is 13.0 Å². The summed E-state index contributed by atoms with van der Waals surface area (Å²) in [5, 5.41) is 3.01. The number of carbonyl (C=O) groups is 2. The van der Waals surface area contributed by atoms with Gasteiger partial charge in [0.15, 0.2) is 5.17 Å². The van der Waals surface area contributed by atoms with E-state index in [9.17, 15) is 9.59 Å². The summed E-state index contributed by atoms with van der Waals surface area (Å²) in [5.74, 6) is 0.287. The zero-order chi connectivity index (χ0) is 21.7. The van der Waals surface area contributed by atoms with Crippen molar-refractivity contribution in [2.45, 2.75) is 38.9 Å². The van der Waals surface area contributed by atoms with Crippen molar-refractivity contribution in [3.63, 3.8) is 0 Å². The highest BCUT2D eigenvalue weighted by molar-refractivity contribution is 8.15. The van der Waals surface area contributed by atoms with Crippen LogP contribution in [0.15, 0.2) is 47.5 Å². The third kappa shape index (κ3) is 5.02. The zero-order valence-electron chi connectivity index (χ0n) is 17.8. The number of carbonyl (C=O) groups excluding carboxylic acids is 2. The summed E-state index contributed by atoms with van der Waals surface area (Å²) in [6, 6.07) is 13.2. The summed E-state index contributed by atoms with van der Waals surface area (Å²) < 4.78 is 5.27. The van der Waals surface area contributed by atoms with Crippen molar-refractivity contribution in [2.24, 2.45) is 4.99 Å². The number of amidine groups is 1. The Morgan fingerprint density at radius 3 is 2.67 bits per heavy atom. The van der Waals surface area contributed by atoms with E-state index in [-0.39, 0.29) is 18.2 Å². The molecule has 0 spiro atoms. The Morgan fingerprint density at radius 1 is 1.20 bits per heavy atom. The van der Waals surface area contributed by atoms with Gasteiger partial charge in [-0.25, -0.2) is 4.99 Å². The number of aryl methyl sites for hydroxylation is 2. The lowest BCUT2D eigenvalue weighted by atomic mass is 10.1. The second kappa shape index (κ2) is 9.80. The normalized spacial score (nSPS) is 17.5. The van der Waals surface area contributed by atoms with E-state index in [1.165, 1.54) is 17.3 Å². The van der Waals surface area contributed by atoms with E-state index < -0.39 is 5.25 Å². The van der Waals surface area contributed by atoms with Crippen LogP contribution in [0, 0.1) is 13.8 Å². The van der Waals surface area contributed by atoms with Crippen LogP contribution in [0.3, 0.4) is 0 Å². The molecular weight excluding hydrogens is 398 g/mol. The number of amides is 2. The van der Waals surface area contributed by atoms with E-state index in [1.807, 2.05) is 44.2 Å². The molecule has 1 aliphatic rings. The number of hydrogen-bond acceptors (Lipinski definition) is 5. The molecule has 7 heteroatoms. The number of thioether (sulfide) groups is 1. The fourth-order valence-corrected chi connectivity index (χ4v) is 4.36. The predicted molar refractivity (Wildman–Crippen MR) is 123 cm³/mol. The molecule has 0 unspecified atom stereocenters. The molecule has 0 aliphatic carbocycles. The summed E-state index contributed by atoms with van der Waals surface area (Å²) in [5.41, 5.74) is 3.76. The minimum Gasteiger partial charge on any atom is -0.495 e. The highest BCUT2D eigenvalue weighted by atomic mass is 32.2. The van der Waals surface area contributed by atoms with Crippen LogP contribution >= 0.6 is 11.8 Å². The molecule has 2 aromatic carbocycles. The van der Waals surface area contributed by atoms with Crippen molar-refractivity contribution in [1.29, 1.82) is 0 Å². The van der Waals surface area contributed by atoms with Gasteiger partial charge >= 0.3 is 0 Å². The fourth-order valence-electron chi connectivity index (χ4n) is 3.18. The van der Waals surface area contributed by atoms with Crippen LogP contribution in [-0.4, -0.2) is 40.8 Å². The maximum Gasteiger partial charge on any atom is 0.242 e. The number of aliphatic imine (C=N–C) groups is 1. The molecular formula is C23H27N3O3S. The third-order valence-corrected chi connectivity index (χ3v) is 6.11. The summed E-state index contributed by atoms with van der Waals surface area (Å²) in [4.78, 5) is 32.0. The fraction of sp³-hybridized carbons (Fsp3) is 0.348.